The minimum Gasteiger partial charge on any atom is -0.346 e. The number of carbonyl (C=O) groups is 2. The van der Waals surface area contributed by atoms with Crippen LogP contribution in [0.1, 0.15) is 88.8 Å². The number of hydrogen-bond acceptors (Lipinski definition) is 6. The van der Waals surface area contributed by atoms with Crippen LogP contribution in [0, 0.1) is 0 Å². The summed E-state index contributed by atoms with van der Waals surface area (Å²) in [7, 11) is 0. The fourth-order valence-electron chi connectivity index (χ4n) is 4.75. The van der Waals surface area contributed by atoms with Gasteiger partial charge >= 0.3 is 0 Å². The Kier molecular flexibility index (Phi) is 7.94. The molecule has 1 atom stereocenters. The van der Waals surface area contributed by atoms with E-state index in [0.29, 0.717) is 24.6 Å². The second kappa shape index (κ2) is 11.3. The fraction of sp³-hybridized carbons (Fsp3) is 0.500. The molecule has 1 aromatic carbocycles. The van der Waals surface area contributed by atoms with E-state index in [1.165, 1.54) is 6.92 Å². The van der Waals surface area contributed by atoms with Gasteiger partial charge in [0.05, 0.1) is 17.9 Å². The van der Waals surface area contributed by atoms with Gasteiger partial charge in [0, 0.05) is 19.8 Å². The molecule has 3 aromatic rings. The van der Waals surface area contributed by atoms with Crippen LogP contribution in [0.3, 0.4) is 0 Å². The van der Waals surface area contributed by atoms with E-state index in [1.54, 1.807) is 6.20 Å². The van der Waals surface area contributed by atoms with Crippen molar-refractivity contribution in [2.75, 3.05) is 0 Å². The summed E-state index contributed by atoms with van der Waals surface area (Å²) in [5.41, 5.74) is 1.37. The molecule has 1 unspecified atom stereocenters. The van der Waals surface area contributed by atoms with Gasteiger partial charge in [0.25, 0.3) is 0 Å². The van der Waals surface area contributed by atoms with Crippen molar-refractivity contribution in [1.29, 1.82) is 0 Å². The molecule has 1 aliphatic rings. The summed E-state index contributed by atoms with van der Waals surface area (Å²) in [5.74, 6) is 1.43. The van der Waals surface area contributed by atoms with E-state index in [1.807, 2.05) is 37.3 Å². The van der Waals surface area contributed by atoms with E-state index >= 15 is 0 Å². The topological polar surface area (TPSA) is 126 Å². The van der Waals surface area contributed by atoms with Crippen LogP contribution < -0.4 is 10.6 Å². The number of imidazole rings is 1. The lowest BCUT2D eigenvalue weighted by Gasteiger charge is -2.30. The maximum Gasteiger partial charge on any atom is 0.227 e. The van der Waals surface area contributed by atoms with E-state index in [9.17, 15) is 9.59 Å². The van der Waals surface area contributed by atoms with E-state index in [4.69, 9.17) is 4.52 Å². The summed E-state index contributed by atoms with van der Waals surface area (Å²) in [4.78, 5) is 37.0. The van der Waals surface area contributed by atoms with Gasteiger partial charge in [0.1, 0.15) is 11.4 Å². The normalized spacial score (nSPS) is 16.3. The Balaban J connectivity index is 1.36. The lowest BCUT2D eigenvalue weighted by atomic mass is 9.89. The molecule has 9 nitrogen and oxygen atoms in total. The summed E-state index contributed by atoms with van der Waals surface area (Å²) >= 11 is 0. The SMILES string of the molecule is CCC(NC(=O)CCc1nc(C2(NC(C)=O)CCCCCC2)no1)c1ncc(-c2ccccc2)[nH]1. The number of amides is 2. The quantitative estimate of drug-likeness (QED) is 0.393. The van der Waals surface area contributed by atoms with Crippen molar-refractivity contribution in [2.24, 2.45) is 0 Å². The van der Waals surface area contributed by atoms with E-state index in [0.717, 1.165) is 55.6 Å². The molecule has 4 rings (SSSR count). The average Bonchev–Trinajstić information content (AvgIpc) is 3.49. The Morgan fingerprint density at radius 3 is 2.57 bits per heavy atom. The molecular formula is C26H34N6O3. The number of aryl methyl sites for hydroxylation is 1. The zero-order chi connectivity index (χ0) is 24.7. The molecule has 9 heteroatoms. The van der Waals surface area contributed by atoms with Crippen LogP contribution >= 0.6 is 0 Å². The zero-order valence-corrected chi connectivity index (χ0v) is 20.5. The first kappa shape index (κ1) is 24.6. The van der Waals surface area contributed by atoms with Crippen LogP contribution in [0.2, 0.25) is 0 Å². The Hall–Kier alpha value is -3.49. The van der Waals surface area contributed by atoms with Crippen molar-refractivity contribution < 1.29 is 14.1 Å². The molecule has 186 valence electrons. The number of aromatic amines is 1. The summed E-state index contributed by atoms with van der Waals surface area (Å²) in [6, 6.07) is 9.74. The predicted molar refractivity (Wildman–Crippen MR) is 131 cm³/mol. The number of aromatic nitrogens is 4. The molecule has 35 heavy (non-hydrogen) atoms. The van der Waals surface area contributed by atoms with Crippen LogP contribution in [-0.2, 0) is 21.5 Å². The number of nitrogens with one attached hydrogen (secondary N) is 3. The predicted octanol–water partition coefficient (Wildman–Crippen LogP) is 4.35. The van der Waals surface area contributed by atoms with Crippen molar-refractivity contribution in [2.45, 2.75) is 83.2 Å². The summed E-state index contributed by atoms with van der Waals surface area (Å²) in [6.07, 6.45) is 8.90. The van der Waals surface area contributed by atoms with Gasteiger partial charge in [-0.1, -0.05) is 68.1 Å². The number of nitrogens with zero attached hydrogens (tertiary/aromatic N) is 3. The smallest absolute Gasteiger partial charge is 0.227 e. The van der Waals surface area contributed by atoms with Crippen LogP contribution in [0.5, 0.6) is 0 Å². The first-order valence-corrected chi connectivity index (χ1v) is 12.5. The summed E-state index contributed by atoms with van der Waals surface area (Å²) in [5, 5.41) is 10.3. The number of hydrogen-bond donors (Lipinski definition) is 3. The van der Waals surface area contributed by atoms with Gasteiger partial charge in [-0.05, 0) is 24.8 Å². The number of carbonyl (C=O) groups excluding carboxylic acids is 2. The zero-order valence-electron chi connectivity index (χ0n) is 20.5. The average molecular weight is 479 g/mol. The molecule has 1 aliphatic carbocycles. The molecular weight excluding hydrogens is 444 g/mol. The number of benzene rings is 1. The second-order valence-corrected chi connectivity index (χ2v) is 9.27. The van der Waals surface area contributed by atoms with Gasteiger partial charge in [0.15, 0.2) is 5.82 Å². The summed E-state index contributed by atoms with van der Waals surface area (Å²) < 4.78 is 5.47. The van der Waals surface area contributed by atoms with E-state index in [2.05, 4.69) is 30.7 Å². The van der Waals surface area contributed by atoms with Gasteiger partial charge in [0.2, 0.25) is 17.7 Å². The Morgan fingerprint density at radius 2 is 1.89 bits per heavy atom. The largest absolute Gasteiger partial charge is 0.346 e. The molecule has 3 N–H and O–H groups in total. The lowest BCUT2D eigenvalue weighted by Crippen LogP contribution is -2.45. The Bertz CT molecular complexity index is 1120. The van der Waals surface area contributed by atoms with Crippen LogP contribution in [0.25, 0.3) is 11.3 Å². The molecule has 2 amide bonds. The minimum atomic E-state index is -0.588. The molecule has 2 heterocycles. The Labute approximate surface area is 205 Å². The first-order chi connectivity index (χ1) is 17.0. The molecule has 0 bridgehead atoms. The van der Waals surface area contributed by atoms with Gasteiger partial charge in [-0.2, -0.15) is 4.98 Å². The van der Waals surface area contributed by atoms with Gasteiger partial charge in [-0.3, -0.25) is 9.59 Å². The first-order valence-electron chi connectivity index (χ1n) is 12.5. The van der Waals surface area contributed by atoms with Gasteiger partial charge < -0.3 is 20.1 Å². The van der Waals surface area contributed by atoms with Crippen molar-refractivity contribution in [3.05, 3.63) is 54.1 Å². The highest BCUT2D eigenvalue weighted by Gasteiger charge is 2.38. The van der Waals surface area contributed by atoms with E-state index < -0.39 is 5.54 Å². The monoisotopic (exact) mass is 478 g/mol. The third-order valence-corrected chi connectivity index (χ3v) is 6.59. The van der Waals surface area contributed by atoms with Crippen molar-refractivity contribution in [1.82, 2.24) is 30.7 Å². The number of rotatable bonds is 9. The minimum absolute atomic E-state index is 0.100. The Morgan fingerprint density at radius 1 is 1.14 bits per heavy atom. The third-order valence-electron chi connectivity index (χ3n) is 6.59. The van der Waals surface area contributed by atoms with Crippen LogP contribution in [-0.4, -0.2) is 31.9 Å². The summed E-state index contributed by atoms with van der Waals surface area (Å²) in [6.45, 7) is 3.53. The van der Waals surface area contributed by atoms with E-state index in [-0.39, 0.29) is 24.3 Å². The molecule has 1 fully saturated rings. The third kappa shape index (κ3) is 6.15. The fourth-order valence-corrected chi connectivity index (χ4v) is 4.75. The van der Waals surface area contributed by atoms with Gasteiger partial charge in [-0.15, -0.1) is 0 Å². The van der Waals surface area contributed by atoms with Crippen LogP contribution in [0.4, 0.5) is 0 Å². The molecule has 0 radical (unpaired) electrons. The van der Waals surface area contributed by atoms with Crippen molar-refractivity contribution >= 4 is 11.8 Å². The standard InChI is InChI=1S/C26H34N6O3/c1-3-20(24-27-17-21(29-24)19-11-7-6-8-12-19)28-22(34)13-14-23-30-25(32-35-23)26(31-18(2)33)15-9-4-5-10-16-26/h6-8,11-12,17,20H,3-5,9-10,13-16H2,1-2H3,(H,27,29)(H,28,34)(H,31,33). The van der Waals surface area contributed by atoms with Gasteiger partial charge in [-0.25, -0.2) is 4.98 Å². The molecule has 0 aliphatic heterocycles. The van der Waals surface area contributed by atoms with Crippen LogP contribution in [0.15, 0.2) is 41.1 Å². The van der Waals surface area contributed by atoms with Crippen molar-refractivity contribution in [3.8, 4) is 11.3 Å². The molecule has 0 spiro atoms. The maximum atomic E-state index is 12.7. The highest BCUT2D eigenvalue weighted by Crippen LogP contribution is 2.34. The number of H-pyrrole nitrogens is 1. The maximum absolute atomic E-state index is 12.7. The lowest BCUT2D eigenvalue weighted by molar-refractivity contribution is -0.122. The molecule has 2 aromatic heterocycles. The van der Waals surface area contributed by atoms with Crippen molar-refractivity contribution in [3.63, 3.8) is 0 Å². The second-order valence-electron chi connectivity index (χ2n) is 9.27. The highest BCUT2D eigenvalue weighted by atomic mass is 16.5. The molecule has 0 saturated heterocycles. The molecule has 1 saturated carbocycles. The highest BCUT2D eigenvalue weighted by molar-refractivity contribution is 5.76.